The topological polar surface area (TPSA) is 87.2 Å². The summed E-state index contributed by atoms with van der Waals surface area (Å²) < 4.78 is 0.909. The van der Waals surface area contributed by atoms with Gasteiger partial charge in [-0.2, -0.15) is 0 Å². The molecule has 0 aromatic carbocycles. The van der Waals surface area contributed by atoms with Crippen molar-refractivity contribution >= 4 is 6.03 Å². The number of piperazine rings is 1. The Kier molecular flexibility index (Phi) is 2.86. The van der Waals surface area contributed by atoms with Crippen LogP contribution in [0.25, 0.3) is 0 Å². The summed E-state index contributed by atoms with van der Waals surface area (Å²) in [4.78, 5) is 37.7. The molecular formula is C9H12N4O3. The third-order valence-corrected chi connectivity index (χ3v) is 2.42. The number of hydrogen-bond donors (Lipinski definition) is 2. The van der Waals surface area contributed by atoms with Gasteiger partial charge >= 0.3 is 11.7 Å². The minimum atomic E-state index is -0.698. The maximum Gasteiger partial charge on any atom is 0.336 e. The quantitative estimate of drug-likeness (QED) is 0.556. The van der Waals surface area contributed by atoms with Crippen molar-refractivity contribution in [1.29, 1.82) is 0 Å². The lowest BCUT2D eigenvalue weighted by Gasteiger charge is -2.27. The van der Waals surface area contributed by atoms with E-state index < -0.39 is 17.3 Å². The highest BCUT2D eigenvalue weighted by atomic mass is 16.2. The average Bonchev–Trinajstić information content (AvgIpc) is 2.29. The van der Waals surface area contributed by atoms with E-state index in [9.17, 15) is 14.4 Å². The Bertz CT molecular complexity index is 498. The minimum Gasteiger partial charge on any atom is -0.321 e. The number of nitrogens with zero attached hydrogens (tertiary/aromatic N) is 2. The van der Waals surface area contributed by atoms with E-state index in [0.29, 0.717) is 26.2 Å². The Balaban J connectivity index is 2.26. The van der Waals surface area contributed by atoms with Crippen molar-refractivity contribution in [3.8, 4) is 0 Å². The van der Waals surface area contributed by atoms with Crippen LogP contribution in [-0.2, 0) is 0 Å². The molecule has 1 saturated heterocycles. The number of carbonyl (C=O) groups is 1. The van der Waals surface area contributed by atoms with Gasteiger partial charge in [0.2, 0.25) is 0 Å². The molecule has 1 aromatic rings. The Labute approximate surface area is 90.7 Å². The minimum absolute atomic E-state index is 0.400. The highest BCUT2D eigenvalue weighted by Crippen LogP contribution is 1.95. The predicted octanol–water partition coefficient (Wildman–Crippen LogP) is -1.59. The molecule has 1 fully saturated rings. The van der Waals surface area contributed by atoms with Gasteiger partial charge < -0.3 is 10.2 Å². The van der Waals surface area contributed by atoms with Crippen LogP contribution in [0.4, 0.5) is 4.79 Å². The third-order valence-electron chi connectivity index (χ3n) is 2.42. The number of carbonyl (C=O) groups excluding carboxylic acids is 1. The zero-order chi connectivity index (χ0) is 11.5. The van der Waals surface area contributed by atoms with Gasteiger partial charge in [-0.25, -0.2) is 14.2 Å². The molecule has 2 N–H and O–H groups in total. The molecule has 2 rings (SSSR count). The number of H-pyrrole nitrogens is 1. The zero-order valence-electron chi connectivity index (χ0n) is 8.60. The van der Waals surface area contributed by atoms with Crippen molar-refractivity contribution in [2.75, 3.05) is 26.2 Å². The molecule has 7 nitrogen and oxygen atoms in total. The van der Waals surface area contributed by atoms with Crippen molar-refractivity contribution in [2.45, 2.75) is 0 Å². The molecular weight excluding hydrogens is 212 g/mol. The van der Waals surface area contributed by atoms with Crippen LogP contribution in [-0.4, -0.2) is 46.7 Å². The SMILES string of the molecule is O=C(N1CCNCC1)n1ccc(=O)[nH]c1=O. The van der Waals surface area contributed by atoms with E-state index in [-0.39, 0.29) is 0 Å². The lowest BCUT2D eigenvalue weighted by Crippen LogP contribution is -2.50. The van der Waals surface area contributed by atoms with Crippen LogP contribution in [0.15, 0.2) is 21.9 Å². The third kappa shape index (κ3) is 2.03. The summed E-state index contributed by atoms with van der Waals surface area (Å²) in [7, 11) is 0. The van der Waals surface area contributed by atoms with E-state index in [0.717, 1.165) is 10.6 Å². The van der Waals surface area contributed by atoms with E-state index in [1.807, 2.05) is 4.98 Å². The molecule has 0 radical (unpaired) electrons. The summed E-state index contributed by atoms with van der Waals surface area (Å²) >= 11 is 0. The molecule has 1 aliphatic heterocycles. The molecule has 1 aromatic heterocycles. The van der Waals surface area contributed by atoms with Gasteiger partial charge in [0.1, 0.15) is 0 Å². The fraction of sp³-hybridized carbons (Fsp3) is 0.444. The first-order chi connectivity index (χ1) is 7.68. The largest absolute Gasteiger partial charge is 0.336 e. The summed E-state index contributed by atoms with van der Waals surface area (Å²) in [6.45, 7) is 2.54. The number of rotatable bonds is 0. The maximum atomic E-state index is 11.9. The Morgan fingerprint density at radius 2 is 1.94 bits per heavy atom. The molecule has 0 spiro atoms. The first kappa shape index (κ1) is 10.6. The monoisotopic (exact) mass is 224 g/mol. The second-order valence-electron chi connectivity index (χ2n) is 3.50. The highest BCUT2D eigenvalue weighted by Gasteiger charge is 2.18. The van der Waals surface area contributed by atoms with E-state index in [4.69, 9.17) is 0 Å². The van der Waals surface area contributed by atoms with Crippen LogP contribution in [0.5, 0.6) is 0 Å². The lowest BCUT2D eigenvalue weighted by atomic mass is 10.4. The van der Waals surface area contributed by atoms with Gasteiger partial charge in [0.15, 0.2) is 0 Å². The Morgan fingerprint density at radius 1 is 1.25 bits per heavy atom. The summed E-state index contributed by atoms with van der Waals surface area (Å²) in [6.07, 6.45) is 1.20. The number of amides is 1. The molecule has 0 bridgehead atoms. The molecule has 2 heterocycles. The lowest BCUT2D eigenvalue weighted by molar-refractivity contribution is 0.190. The van der Waals surface area contributed by atoms with Crippen LogP contribution in [0.2, 0.25) is 0 Å². The van der Waals surface area contributed by atoms with Gasteiger partial charge in [-0.3, -0.25) is 9.78 Å². The van der Waals surface area contributed by atoms with Crippen molar-refractivity contribution < 1.29 is 4.79 Å². The first-order valence-electron chi connectivity index (χ1n) is 5.00. The standard InChI is InChI=1S/C9H12N4O3/c14-7-1-4-13(8(15)11-7)9(16)12-5-2-10-3-6-12/h1,4,10H,2-3,5-6H2,(H,11,14,15). The maximum absolute atomic E-state index is 11.9. The second kappa shape index (κ2) is 4.31. The molecule has 1 aliphatic rings. The van der Waals surface area contributed by atoms with Crippen LogP contribution < -0.4 is 16.6 Å². The molecule has 0 aliphatic carbocycles. The smallest absolute Gasteiger partial charge is 0.321 e. The van der Waals surface area contributed by atoms with Gasteiger partial charge in [-0.1, -0.05) is 0 Å². The van der Waals surface area contributed by atoms with E-state index in [1.54, 1.807) is 4.90 Å². The fourth-order valence-corrected chi connectivity index (χ4v) is 1.58. The number of nitrogens with one attached hydrogen (secondary N) is 2. The van der Waals surface area contributed by atoms with E-state index in [2.05, 4.69) is 5.32 Å². The van der Waals surface area contributed by atoms with Crippen LogP contribution in [0.1, 0.15) is 0 Å². The summed E-state index contributed by atoms with van der Waals surface area (Å²) in [5, 5.41) is 3.11. The first-order valence-corrected chi connectivity index (χ1v) is 5.00. The number of aromatic nitrogens is 2. The van der Waals surface area contributed by atoms with E-state index in [1.165, 1.54) is 6.20 Å². The molecule has 16 heavy (non-hydrogen) atoms. The molecule has 0 atom stereocenters. The highest BCUT2D eigenvalue weighted by molar-refractivity contribution is 5.76. The number of hydrogen-bond acceptors (Lipinski definition) is 4. The number of aromatic amines is 1. The summed E-state index contributed by atoms with van der Waals surface area (Å²) in [6, 6.07) is 0.754. The average molecular weight is 224 g/mol. The summed E-state index contributed by atoms with van der Waals surface area (Å²) in [5.74, 6) is 0. The molecule has 7 heteroatoms. The summed E-state index contributed by atoms with van der Waals surface area (Å²) in [5.41, 5.74) is -1.20. The van der Waals surface area contributed by atoms with Crippen LogP contribution in [0, 0.1) is 0 Å². The van der Waals surface area contributed by atoms with Gasteiger partial charge in [0.25, 0.3) is 5.56 Å². The second-order valence-corrected chi connectivity index (χ2v) is 3.50. The molecule has 0 saturated carbocycles. The van der Waals surface area contributed by atoms with Gasteiger partial charge in [-0.15, -0.1) is 0 Å². The van der Waals surface area contributed by atoms with Crippen molar-refractivity contribution in [3.05, 3.63) is 33.1 Å². The fourth-order valence-electron chi connectivity index (χ4n) is 1.58. The molecule has 1 amide bonds. The predicted molar refractivity (Wildman–Crippen MR) is 56.6 cm³/mol. The van der Waals surface area contributed by atoms with Gasteiger partial charge in [0.05, 0.1) is 0 Å². The van der Waals surface area contributed by atoms with Crippen LogP contribution >= 0.6 is 0 Å². The normalized spacial score (nSPS) is 16.1. The van der Waals surface area contributed by atoms with Gasteiger partial charge in [0, 0.05) is 38.4 Å². The van der Waals surface area contributed by atoms with Crippen molar-refractivity contribution in [2.24, 2.45) is 0 Å². The van der Waals surface area contributed by atoms with Crippen molar-refractivity contribution in [3.63, 3.8) is 0 Å². The Morgan fingerprint density at radius 3 is 2.56 bits per heavy atom. The zero-order valence-corrected chi connectivity index (χ0v) is 8.60. The van der Waals surface area contributed by atoms with Crippen molar-refractivity contribution in [1.82, 2.24) is 19.8 Å². The van der Waals surface area contributed by atoms with E-state index >= 15 is 0 Å². The Hall–Kier alpha value is -1.89. The molecule has 86 valence electrons. The molecule has 0 unspecified atom stereocenters. The van der Waals surface area contributed by atoms with Crippen LogP contribution in [0.3, 0.4) is 0 Å². The van der Waals surface area contributed by atoms with Gasteiger partial charge in [-0.05, 0) is 0 Å².